The van der Waals surface area contributed by atoms with Crippen molar-refractivity contribution in [3.8, 4) is 0 Å². The van der Waals surface area contributed by atoms with Crippen LogP contribution in [0.1, 0.15) is 25.8 Å². The number of hydrogen-bond acceptors (Lipinski definition) is 4. The normalized spacial score (nSPS) is 23.0. The van der Waals surface area contributed by atoms with Gasteiger partial charge in [-0.25, -0.2) is 0 Å². The molecule has 1 saturated heterocycles. The fraction of sp³-hybridized carbons (Fsp3) is 0.562. The van der Waals surface area contributed by atoms with Gasteiger partial charge < -0.3 is 15.8 Å². The molecule has 1 fully saturated rings. The van der Waals surface area contributed by atoms with Gasteiger partial charge in [0.2, 0.25) is 5.91 Å². The van der Waals surface area contributed by atoms with E-state index >= 15 is 0 Å². The Balaban J connectivity index is 1.81. The molecule has 1 aliphatic heterocycles. The number of carbonyl (C=O) groups is 1. The predicted octanol–water partition coefficient (Wildman–Crippen LogP) is 1.58. The van der Waals surface area contributed by atoms with Gasteiger partial charge in [0.1, 0.15) is 0 Å². The van der Waals surface area contributed by atoms with Crippen LogP contribution < -0.4 is 11.1 Å². The minimum absolute atomic E-state index is 0.0375. The van der Waals surface area contributed by atoms with Crippen LogP contribution in [0.5, 0.6) is 0 Å². The Morgan fingerprint density at radius 1 is 1.48 bits per heavy atom. The van der Waals surface area contributed by atoms with Crippen molar-refractivity contribution < 1.29 is 9.53 Å². The maximum atomic E-state index is 12.0. The second kappa shape index (κ2) is 7.54. The first kappa shape index (κ1) is 15.9. The van der Waals surface area contributed by atoms with Crippen molar-refractivity contribution in [2.75, 3.05) is 25.0 Å². The van der Waals surface area contributed by atoms with Crippen molar-refractivity contribution in [2.45, 2.75) is 39.0 Å². The fourth-order valence-corrected chi connectivity index (χ4v) is 2.53. The molecule has 5 nitrogen and oxygen atoms in total. The Bertz CT molecular complexity index is 478. The van der Waals surface area contributed by atoms with Crippen LogP contribution in [0, 0.1) is 0 Å². The molecule has 0 aromatic heterocycles. The van der Waals surface area contributed by atoms with E-state index in [0.29, 0.717) is 19.0 Å². The van der Waals surface area contributed by atoms with Crippen LogP contribution >= 0.6 is 0 Å². The highest BCUT2D eigenvalue weighted by Gasteiger charge is 2.23. The minimum atomic E-state index is 0.0375. The summed E-state index contributed by atoms with van der Waals surface area (Å²) >= 11 is 0. The summed E-state index contributed by atoms with van der Waals surface area (Å²) in [5.74, 6) is 0.0375. The molecule has 2 rings (SSSR count). The van der Waals surface area contributed by atoms with Gasteiger partial charge >= 0.3 is 0 Å². The Morgan fingerprint density at radius 2 is 2.29 bits per heavy atom. The van der Waals surface area contributed by atoms with Gasteiger partial charge in [-0.3, -0.25) is 9.69 Å². The second-order valence-corrected chi connectivity index (χ2v) is 5.69. The minimum Gasteiger partial charge on any atom is -0.376 e. The lowest BCUT2D eigenvalue weighted by molar-refractivity contribution is -0.117. The molecule has 2 atom stereocenters. The first-order valence-corrected chi connectivity index (χ1v) is 7.53. The number of benzene rings is 1. The summed E-state index contributed by atoms with van der Waals surface area (Å²) in [5.41, 5.74) is 7.43. The molecule has 116 valence electrons. The number of carbonyl (C=O) groups excluding carboxylic acids is 1. The average molecular weight is 291 g/mol. The van der Waals surface area contributed by atoms with Crippen molar-refractivity contribution in [1.29, 1.82) is 0 Å². The van der Waals surface area contributed by atoms with Crippen molar-refractivity contribution in [2.24, 2.45) is 5.73 Å². The number of anilines is 1. The van der Waals surface area contributed by atoms with Crippen LogP contribution in [0.15, 0.2) is 24.3 Å². The van der Waals surface area contributed by atoms with Gasteiger partial charge in [-0.2, -0.15) is 0 Å². The maximum Gasteiger partial charge on any atom is 0.225 e. The van der Waals surface area contributed by atoms with Gasteiger partial charge in [-0.1, -0.05) is 12.1 Å². The molecule has 1 aromatic rings. The number of amides is 1. The van der Waals surface area contributed by atoms with Crippen molar-refractivity contribution in [3.63, 3.8) is 0 Å². The van der Waals surface area contributed by atoms with E-state index in [1.54, 1.807) is 0 Å². The summed E-state index contributed by atoms with van der Waals surface area (Å²) < 4.78 is 5.59. The van der Waals surface area contributed by atoms with E-state index in [2.05, 4.69) is 24.1 Å². The first-order chi connectivity index (χ1) is 10.1. The average Bonchev–Trinajstić information content (AvgIpc) is 2.48. The van der Waals surface area contributed by atoms with E-state index in [1.807, 2.05) is 24.3 Å². The van der Waals surface area contributed by atoms with E-state index in [-0.39, 0.29) is 12.0 Å². The summed E-state index contributed by atoms with van der Waals surface area (Å²) in [6.45, 7) is 7.06. The molecule has 0 spiro atoms. The Hall–Kier alpha value is -1.43. The summed E-state index contributed by atoms with van der Waals surface area (Å²) in [6.07, 6.45) is 0.731. The van der Waals surface area contributed by atoms with Gasteiger partial charge in [0.25, 0.3) is 0 Å². The van der Waals surface area contributed by atoms with Gasteiger partial charge in [0.05, 0.1) is 12.7 Å². The van der Waals surface area contributed by atoms with Gasteiger partial charge in [-0.05, 0) is 31.5 Å². The Labute approximate surface area is 126 Å². The van der Waals surface area contributed by atoms with Crippen LogP contribution in [0.4, 0.5) is 5.69 Å². The maximum absolute atomic E-state index is 12.0. The third-order valence-corrected chi connectivity index (χ3v) is 3.81. The van der Waals surface area contributed by atoms with Crippen LogP contribution in [-0.2, 0) is 16.1 Å². The van der Waals surface area contributed by atoms with Crippen LogP contribution in [0.25, 0.3) is 0 Å². The van der Waals surface area contributed by atoms with Crippen molar-refractivity contribution in [1.82, 2.24) is 4.90 Å². The predicted molar refractivity (Wildman–Crippen MR) is 84.0 cm³/mol. The Kier molecular flexibility index (Phi) is 5.73. The zero-order valence-corrected chi connectivity index (χ0v) is 12.8. The molecule has 1 aliphatic rings. The molecule has 21 heavy (non-hydrogen) atoms. The number of hydrogen-bond donors (Lipinski definition) is 2. The molecule has 0 radical (unpaired) electrons. The summed E-state index contributed by atoms with van der Waals surface area (Å²) in [7, 11) is 0. The largest absolute Gasteiger partial charge is 0.376 e. The van der Waals surface area contributed by atoms with E-state index in [0.717, 1.165) is 30.9 Å². The van der Waals surface area contributed by atoms with E-state index < -0.39 is 0 Å². The second-order valence-electron chi connectivity index (χ2n) is 5.69. The standard InChI is InChI=1S/C16H25N3O2/c1-12-11-21-13(2)10-19(12)7-6-16(20)18-15-5-3-4-14(8-15)9-17/h3-5,8,12-13H,6-7,9-11,17H2,1-2H3,(H,18,20). The monoisotopic (exact) mass is 291 g/mol. The Morgan fingerprint density at radius 3 is 3.05 bits per heavy atom. The molecule has 1 amide bonds. The molecular weight excluding hydrogens is 266 g/mol. The number of nitrogens with zero attached hydrogens (tertiary/aromatic N) is 1. The molecule has 3 N–H and O–H groups in total. The summed E-state index contributed by atoms with van der Waals surface area (Å²) in [6, 6.07) is 8.03. The third kappa shape index (κ3) is 4.81. The SMILES string of the molecule is CC1CN(CCC(=O)Nc2cccc(CN)c2)C(C)CO1. The molecular formula is C16H25N3O2. The molecule has 2 unspecified atom stereocenters. The smallest absolute Gasteiger partial charge is 0.225 e. The molecule has 5 heteroatoms. The van der Waals surface area contributed by atoms with Gasteiger partial charge in [-0.15, -0.1) is 0 Å². The molecule has 1 heterocycles. The lowest BCUT2D eigenvalue weighted by Gasteiger charge is -2.36. The van der Waals surface area contributed by atoms with E-state index in [1.165, 1.54) is 0 Å². The van der Waals surface area contributed by atoms with Crippen LogP contribution in [-0.4, -0.2) is 42.6 Å². The highest BCUT2D eigenvalue weighted by molar-refractivity contribution is 5.90. The molecule has 0 aliphatic carbocycles. The van der Waals surface area contributed by atoms with E-state index in [9.17, 15) is 4.79 Å². The first-order valence-electron chi connectivity index (χ1n) is 7.53. The van der Waals surface area contributed by atoms with E-state index in [4.69, 9.17) is 10.5 Å². The lowest BCUT2D eigenvalue weighted by Crippen LogP contribution is -2.48. The summed E-state index contributed by atoms with van der Waals surface area (Å²) in [4.78, 5) is 14.4. The number of morpholine rings is 1. The quantitative estimate of drug-likeness (QED) is 0.864. The number of nitrogens with one attached hydrogen (secondary N) is 1. The zero-order chi connectivity index (χ0) is 15.2. The third-order valence-electron chi connectivity index (χ3n) is 3.81. The fourth-order valence-electron chi connectivity index (χ4n) is 2.53. The lowest BCUT2D eigenvalue weighted by atomic mass is 10.2. The van der Waals surface area contributed by atoms with Crippen molar-refractivity contribution in [3.05, 3.63) is 29.8 Å². The summed E-state index contributed by atoms with van der Waals surface area (Å²) in [5, 5.41) is 2.93. The zero-order valence-electron chi connectivity index (χ0n) is 12.8. The molecule has 0 saturated carbocycles. The van der Waals surface area contributed by atoms with Gasteiger partial charge in [0, 0.05) is 37.8 Å². The number of nitrogens with two attached hydrogens (primary N) is 1. The molecule has 1 aromatic carbocycles. The van der Waals surface area contributed by atoms with Crippen LogP contribution in [0.3, 0.4) is 0 Å². The van der Waals surface area contributed by atoms with Crippen molar-refractivity contribution >= 4 is 11.6 Å². The number of rotatable bonds is 5. The highest BCUT2D eigenvalue weighted by atomic mass is 16.5. The molecule has 0 bridgehead atoms. The van der Waals surface area contributed by atoms with Crippen LogP contribution in [0.2, 0.25) is 0 Å². The topological polar surface area (TPSA) is 67.6 Å². The highest BCUT2D eigenvalue weighted by Crippen LogP contribution is 2.13. The number of ether oxygens (including phenoxy) is 1. The van der Waals surface area contributed by atoms with Gasteiger partial charge in [0.15, 0.2) is 0 Å².